The van der Waals surface area contributed by atoms with Crippen LogP contribution in [-0.4, -0.2) is 30.3 Å². The second kappa shape index (κ2) is 10.9. The quantitative estimate of drug-likeness (QED) is 0.544. The van der Waals surface area contributed by atoms with Gasteiger partial charge in [0.2, 0.25) is 11.8 Å². The molecular weight excluding hydrogens is 400 g/mol. The van der Waals surface area contributed by atoms with Crippen LogP contribution in [0.5, 0.6) is 11.5 Å². The molecule has 30 heavy (non-hydrogen) atoms. The van der Waals surface area contributed by atoms with Crippen molar-refractivity contribution in [1.29, 1.82) is 0 Å². The molecule has 1 unspecified atom stereocenters. The molecule has 2 N–H and O–H groups in total. The molecule has 0 saturated heterocycles. The number of carbonyl (C=O) groups is 2. The van der Waals surface area contributed by atoms with Gasteiger partial charge < -0.3 is 20.1 Å². The van der Waals surface area contributed by atoms with Crippen LogP contribution in [0.3, 0.4) is 0 Å². The third-order valence-corrected chi connectivity index (χ3v) is 5.98. The van der Waals surface area contributed by atoms with E-state index in [0.29, 0.717) is 43.2 Å². The Morgan fingerprint density at radius 3 is 2.53 bits per heavy atom. The molecule has 1 heterocycles. The molecule has 0 fully saturated rings. The van der Waals surface area contributed by atoms with Gasteiger partial charge in [-0.25, -0.2) is 0 Å². The minimum atomic E-state index is -0.260. The molecule has 0 aromatic heterocycles. The average molecular weight is 429 g/mol. The van der Waals surface area contributed by atoms with Crippen molar-refractivity contribution in [3.8, 4) is 11.5 Å². The van der Waals surface area contributed by atoms with E-state index < -0.39 is 0 Å². The van der Waals surface area contributed by atoms with Crippen LogP contribution in [0.4, 0.5) is 11.4 Å². The van der Waals surface area contributed by atoms with Crippen LogP contribution in [-0.2, 0) is 9.59 Å². The molecule has 3 rings (SSSR count). The van der Waals surface area contributed by atoms with Gasteiger partial charge in [-0.05, 0) is 43.2 Å². The maximum atomic E-state index is 12.8. The van der Waals surface area contributed by atoms with Gasteiger partial charge in [-0.1, -0.05) is 26.3 Å². The second-order valence-electron chi connectivity index (χ2n) is 7.04. The Kier molecular flexibility index (Phi) is 8.02. The predicted octanol–water partition coefficient (Wildman–Crippen LogP) is 5.10. The lowest BCUT2D eigenvalue weighted by atomic mass is 10.2. The fourth-order valence-electron chi connectivity index (χ4n) is 3.04. The maximum absolute atomic E-state index is 12.8. The molecule has 0 aliphatic carbocycles. The Morgan fingerprint density at radius 1 is 1.00 bits per heavy atom. The van der Waals surface area contributed by atoms with Crippen molar-refractivity contribution in [1.82, 2.24) is 0 Å². The topological polar surface area (TPSA) is 76.7 Å². The highest BCUT2D eigenvalue weighted by Crippen LogP contribution is 2.33. The lowest BCUT2D eigenvalue weighted by molar-refractivity contribution is -0.116. The smallest absolute Gasteiger partial charge is 0.237 e. The van der Waals surface area contributed by atoms with Crippen LogP contribution in [0.15, 0.2) is 47.4 Å². The molecule has 0 saturated carbocycles. The average Bonchev–Trinajstić information content (AvgIpc) is 2.76. The molecule has 0 spiro atoms. The number of benzene rings is 2. The molecule has 6 nitrogen and oxygen atoms in total. The zero-order chi connectivity index (χ0) is 21.3. The van der Waals surface area contributed by atoms with Gasteiger partial charge in [-0.3, -0.25) is 9.59 Å². The van der Waals surface area contributed by atoms with E-state index in [4.69, 9.17) is 9.47 Å². The highest BCUT2D eigenvalue weighted by atomic mass is 32.2. The van der Waals surface area contributed by atoms with Crippen molar-refractivity contribution in [2.24, 2.45) is 0 Å². The van der Waals surface area contributed by atoms with Crippen molar-refractivity contribution in [3.63, 3.8) is 0 Å². The number of hydrogen-bond donors (Lipinski definition) is 2. The molecule has 7 heteroatoms. The normalized spacial score (nSPS) is 13.4. The van der Waals surface area contributed by atoms with Crippen LogP contribution >= 0.6 is 11.8 Å². The van der Waals surface area contributed by atoms with Crippen molar-refractivity contribution in [3.05, 3.63) is 42.5 Å². The molecule has 160 valence electrons. The minimum absolute atomic E-state index is 0.0161. The zero-order valence-electron chi connectivity index (χ0n) is 17.4. The lowest BCUT2D eigenvalue weighted by Crippen LogP contribution is -2.24. The second-order valence-corrected chi connectivity index (χ2v) is 8.32. The maximum Gasteiger partial charge on any atom is 0.237 e. The molecule has 1 aliphatic heterocycles. The number of ether oxygens (including phenoxy) is 2. The Balaban J connectivity index is 1.61. The molecule has 2 aromatic carbocycles. The summed E-state index contributed by atoms with van der Waals surface area (Å²) < 4.78 is 11.1. The molecule has 0 bridgehead atoms. The number of hydrogen-bond acceptors (Lipinski definition) is 5. The van der Waals surface area contributed by atoms with Crippen molar-refractivity contribution >= 4 is 35.0 Å². The van der Waals surface area contributed by atoms with E-state index in [1.807, 2.05) is 43.3 Å². The molecule has 2 aromatic rings. The summed E-state index contributed by atoms with van der Waals surface area (Å²) in [6.45, 7) is 5.08. The first-order valence-corrected chi connectivity index (χ1v) is 11.2. The SMILES string of the molecule is CCCCC(=O)Nc1cccc(SC(CC)C(=O)Nc2ccc3c(c2)OCCO3)c1. The summed E-state index contributed by atoms with van der Waals surface area (Å²) in [5.41, 5.74) is 1.43. The highest BCUT2D eigenvalue weighted by molar-refractivity contribution is 8.00. The number of carbonyl (C=O) groups excluding carboxylic acids is 2. The summed E-state index contributed by atoms with van der Waals surface area (Å²) in [6, 6.07) is 13.0. The van der Waals surface area contributed by atoms with Crippen LogP contribution in [0.1, 0.15) is 39.5 Å². The van der Waals surface area contributed by atoms with Gasteiger partial charge >= 0.3 is 0 Å². The third kappa shape index (κ3) is 6.16. The number of anilines is 2. The van der Waals surface area contributed by atoms with Crippen LogP contribution in [0.2, 0.25) is 0 Å². The molecular formula is C23H28N2O4S. The van der Waals surface area contributed by atoms with E-state index in [1.54, 1.807) is 6.07 Å². The van der Waals surface area contributed by atoms with E-state index in [-0.39, 0.29) is 17.1 Å². The van der Waals surface area contributed by atoms with Gasteiger partial charge in [-0.2, -0.15) is 0 Å². The lowest BCUT2D eigenvalue weighted by Gasteiger charge is -2.20. The van der Waals surface area contributed by atoms with Gasteiger partial charge in [-0.15, -0.1) is 11.8 Å². The summed E-state index contributed by atoms with van der Waals surface area (Å²) >= 11 is 1.48. The van der Waals surface area contributed by atoms with Gasteiger partial charge in [0.15, 0.2) is 11.5 Å². The van der Waals surface area contributed by atoms with E-state index in [9.17, 15) is 9.59 Å². The summed E-state index contributed by atoms with van der Waals surface area (Å²) in [4.78, 5) is 25.7. The van der Waals surface area contributed by atoms with Crippen LogP contribution < -0.4 is 20.1 Å². The zero-order valence-corrected chi connectivity index (χ0v) is 18.2. The van der Waals surface area contributed by atoms with Gasteiger partial charge in [0.05, 0.1) is 5.25 Å². The third-order valence-electron chi connectivity index (χ3n) is 4.63. The van der Waals surface area contributed by atoms with Crippen LogP contribution in [0, 0.1) is 0 Å². The largest absolute Gasteiger partial charge is 0.486 e. The molecule has 1 aliphatic rings. The van der Waals surface area contributed by atoms with Crippen molar-refractivity contribution < 1.29 is 19.1 Å². The summed E-state index contributed by atoms with van der Waals surface area (Å²) in [5, 5.41) is 5.64. The van der Waals surface area contributed by atoms with E-state index in [0.717, 1.165) is 23.4 Å². The Labute approximate surface area is 181 Å². The van der Waals surface area contributed by atoms with Gasteiger partial charge in [0.25, 0.3) is 0 Å². The van der Waals surface area contributed by atoms with Crippen molar-refractivity contribution in [2.75, 3.05) is 23.8 Å². The van der Waals surface area contributed by atoms with Crippen molar-refractivity contribution in [2.45, 2.75) is 49.7 Å². The number of rotatable bonds is 9. The fourth-order valence-corrected chi connectivity index (χ4v) is 4.05. The van der Waals surface area contributed by atoms with Gasteiger partial charge in [0, 0.05) is 28.8 Å². The Morgan fingerprint density at radius 2 is 1.77 bits per heavy atom. The fraction of sp³-hybridized carbons (Fsp3) is 0.391. The first-order chi connectivity index (χ1) is 14.6. The van der Waals surface area contributed by atoms with E-state index >= 15 is 0 Å². The Hall–Kier alpha value is -2.67. The summed E-state index contributed by atoms with van der Waals surface area (Å²) in [6.07, 6.45) is 3.05. The number of unbranched alkanes of at least 4 members (excludes halogenated alkanes) is 1. The number of fused-ring (bicyclic) bond motifs is 1. The molecule has 0 radical (unpaired) electrons. The minimum Gasteiger partial charge on any atom is -0.486 e. The molecule has 2 amide bonds. The van der Waals surface area contributed by atoms with E-state index in [2.05, 4.69) is 17.6 Å². The number of amides is 2. The predicted molar refractivity (Wildman–Crippen MR) is 121 cm³/mol. The number of thioether (sulfide) groups is 1. The summed E-state index contributed by atoms with van der Waals surface area (Å²) in [5.74, 6) is 1.28. The van der Waals surface area contributed by atoms with Gasteiger partial charge in [0.1, 0.15) is 13.2 Å². The number of nitrogens with one attached hydrogen (secondary N) is 2. The molecule has 1 atom stereocenters. The van der Waals surface area contributed by atoms with Crippen LogP contribution in [0.25, 0.3) is 0 Å². The van der Waals surface area contributed by atoms with E-state index in [1.165, 1.54) is 11.8 Å². The first-order valence-electron chi connectivity index (χ1n) is 10.4. The monoisotopic (exact) mass is 428 g/mol. The highest BCUT2D eigenvalue weighted by Gasteiger charge is 2.20. The standard InChI is InChI=1S/C23H28N2O4S/c1-3-5-9-22(26)24-16-7-6-8-18(14-16)30-21(4-2)23(27)25-17-10-11-19-20(15-17)29-13-12-28-19/h6-8,10-11,14-15,21H,3-5,9,12-13H2,1-2H3,(H,24,26)(H,25,27). The Bertz CT molecular complexity index is 887. The first kappa shape index (κ1) is 22.0. The summed E-state index contributed by atoms with van der Waals surface area (Å²) in [7, 11) is 0.